The Labute approximate surface area is 137 Å². The second-order valence-corrected chi connectivity index (χ2v) is 5.52. The first-order valence-electron chi connectivity index (χ1n) is 7.25. The van der Waals surface area contributed by atoms with Gasteiger partial charge in [0.25, 0.3) is 5.69 Å². The third-order valence-electron chi connectivity index (χ3n) is 3.53. The van der Waals surface area contributed by atoms with Gasteiger partial charge in [0.15, 0.2) is 0 Å². The minimum absolute atomic E-state index is 0.0455. The largest absolute Gasteiger partial charge is 0.325 e. The lowest BCUT2D eigenvalue weighted by molar-refractivity contribution is -0.384. The van der Waals surface area contributed by atoms with Crippen molar-refractivity contribution < 1.29 is 9.72 Å². The molecule has 1 aromatic carbocycles. The monoisotopic (exact) mass is 325 g/mol. The van der Waals surface area contributed by atoms with E-state index in [9.17, 15) is 14.9 Å². The summed E-state index contributed by atoms with van der Waals surface area (Å²) in [4.78, 5) is 27.1. The van der Waals surface area contributed by atoms with Crippen LogP contribution in [0.1, 0.15) is 11.3 Å². The van der Waals surface area contributed by atoms with Gasteiger partial charge in [-0.3, -0.25) is 24.6 Å². The third-order valence-corrected chi connectivity index (χ3v) is 3.53. The van der Waals surface area contributed by atoms with Crippen LogP contribution in [0.2, 0.25) is 0 Å². The maximum absolute atomic E-state index is 12.3. The molecule has 0 spiro atoms. The first kappa shape index (κ1) is 15.6. The molecule has 122 valence electrons. The predicted octanol–water partition coefficient (Wildman–Crippen LogP) is 2.37. The molecule has 1 amide bonds. The van der Waals surface area contributed by atoms with Crippen molar-refractivity contribution in [2.45, 2.75) is 13.3 Å². The number of amides is 1. The average Bonchev–Trinajstić information content (AvgIpc) is 2.91. The molecule has 0 aliphatic rings. The number of aromatic nitrogens is 3. The maximum atomic E-state index is 12.3. The molecule has 0 aliphatic heterocycles. The number of fused-ring (bicyclic) bond motifs is 1. The average molecular weight is 325 g/mol. The molecule has 0 aliphatic carbocycles. The van der Waals surface area contributed by atoms with Gasteiger partial charge in [-0.05, 0) is 24.6 Å². The van der Waals surface area contributed by atoms with Gasteiger partial charge < -0.3 is 5.32 Å². The molecule has 0 radical (unpaired) electrons. The molecule has 24 heavy (non-hydrogen) atoms. The van der Waals surface area contributed by atoms with Crippen molar-refractivity contribution in [3.8, 4) is 0 Å². The van der Waals surface area contributed by atoms with E-state index in [0.717, 1.165) is 5.56 Å². The number of nitro groups is 1. The summed E-state index contributed by atoms with van der Waals surface area (Å²) in [6.45, 7) is 1.80. The number of nitrogens with one attached hydrogen (secondary N) is 1. The molecule has 2 aromatic heterocycles. The summed E-state index contributed by atoms with van der Waals surface area (Å²) in [5.41, 5.74) is 2.56. The Bertz CT molecular complexity index is 948. The van der Waals surface area contributed by atoms with Crippen molar-refractivity contribution in [1.29, 1.82) is 0 Å². The van der Waals surface area contributed by atoms with Crippen molar-refractivity contribution >= 4 is 28.2 Å². The molecule has 0 saturated carbocycles. The molecular formula is C16H15N5O3. The second kappa shape index (κ2) is 6.07. The Morgan fingerprint density at radius 3 is 2.83 bits per heavy atom. The van der Waals surface area contributed by atoms with Crippen LogP contribution >= 0.6 is 0 Å². The molecule has 1 N–H and O–H groups in total. The SMILES string of the molecule is Cc1cc(NC(=O)Cc2cnn(C)c2)c2cc([N+](=O)[O-])ccc2n1. The number of anilines is 1. The number of carbonyl (C=O) groups is 1. The van der Waals surface area contributed by atoms with Gasteiger partial charge in [-0.15, -0.1) is 0 Å². The van der Waals surface area contributed by atoms with E-state index in [-0.39, 0.29) is 18.0 Å². The zero-order chi connectivity index (χ0) is 17.3. The normalized spacial score (nSPS) is 10.8. The lowest BCUT2D eigenvalue weighted by atomic mass is 10.1. The van der Waals surface area contributed by atoms with Gasteiger partial charge >= 0.3 is 0 Å². The Kier molecular flexibility index (Phi) is 3.95. The van der Waals surface area contributed by atoms with Gasteiger partial charge in [0.05, 0.1) is 28.7 Å². The smallest absolute Gasteiger partial charge is 0.270 e. The fraction of sp³-hybridized carbons (Fsp3) is 0.188. The number of carbonyl (C=O) groups excluding carboxylic acids is 1. The van der Waals surface area contributed by atoms with Gasteiger partial charge in [0.2, 0.25) is 5.91 Å². The van der Waals surface area contributed by atoms with E-state index in [1.54, 1.807) is 43.2 Å². The molecule has 0 atom stereocenters. The topological polar surface area (TPSA) is 103 Å². The summed E-state index contributed by atoms with van der Waals surface area (Å²) in [6.07, 6.45) is 3.56. The zero-order valence-corrected chi connectivity index (χ0v) is 13.2. The number of rotatable bonds is 4. The van der Waals surface area contributed by atoms with Crippen molar-refractivity contribution in [3.63, 3.8) is 0 Å². The van der Waals surface area contributed by atoms with E-state index >= 15 is 0 Å². The highest BCUT2D eigenvalue weighted by molar-refractivity contribution is 6.02. The van der Waals surface area contributed by atoms with E-state index in [2.05, 4.69) is 15.4 Å². The molecule has 0 unspecified atom stereocenters. The minimum Gasteiger partial charge on any atom is -0.325 e. The van der Waals surface area contributed by atoms with Crippen molar-refractivity contribution in [1.82, 2.24) is 14.8 Å². The number of hydrogen-bond acceptors (Lipinski definition) is 5. The fourth-order valence-electron chi connectivity index (χ4n) is 2.51. The van der Waals surface area contributed by atoms with Crippen molar-refractivity contribution in [2.24, 2.45) is 7.05 Å². The lowest BCUT2D eigenvalue weighted by Crippen LogP contribution is -2.14. The van der Waals surface area contributed by atoms with E-state index < -0.39 is 4.92 Å². The van der Waals surface area contributed by atoms with Gasteiger partial charge in [-0.2, -0.15) is 5.10 Å². The lowest BCUT2D eigenvalue weighted by Gasteiger charge is -2.09. The van der Waals surface area contributed by atoms with Crippen LogP contribution in [-0.2, 0) is 18.3 Å². The summed E-state index contributed by atoms with van der Waals surface area (Å²) >= 11 is 0. The van der Waals surface area contributed by atoms with Crippen LogP contribution in [0.3, 0.4) is 0 Å². The van der Waals surface area contributed by atoms with Gasteiger partial charge in [0, 0.05) is 36.5 Å². The zero-order valence-electron chi connectivity index (χ0n) is 13.2. The number of hydrogen-bond donors (Lipinski definition) is 1. The molecule has 0 bridgehead atoms. The third kappa shape index (κ3) is 3.22. The molecule has 3 rings (SSSR count). The minimum atomic E-state index is -0.472. The van der Waals surface area contributed by atoms with Gasteiger partial charge in [-0.25, -0.2) is 0 Å². The number of nitro benzene ring substituents is 1. The Hall–Kier alpha value is -3.29. The maximum Gasteiger partial charge on any atom is 0.270 e. The van der Waals surface area contributed by atoms with Crippen LogP contribution < -0.4 is 5.32 Å². The molecule has 8 heteroatoms. The molecular weight excluding hydrogens is 310 g/mol. The van der Waals surface area contributed by atoms with E-state index in [4.69, 9.17) is 0 Å². The van der Waals surface area contributed by atoms with E-state index in [1.165, 1.54) is 12.1 Å². The summed E-state index contributed by atoms with van der Waals surface area (Å²) in [5.74, 6) is -0.221. The second-order valence-electron chi connectivity index (χ2n) is 5.52. The van der Waals surface area contributed by atoms with Crippen LogP contribution in [0.25, 0.3) is 10.9 Å². The Balaban J connectivity index is 1.93. The van der Waals surface area contributed by atoms with E-state index in [1.807, 2.05) is 0 Å². The highest BCUT2D eigenvalue weighted by Gasteiger charge is 2.13. The van der Waals surface area contributed by atoms with Crippen LogP contribution in [-0.4, -0.2) is 25.6 Å². The van der Waals surface area contributed by atoms with Gasteiger partial charge in [-0.1, -0.05) is 0 Å². The molecule has 2 heterocycles. The van der Waals surface area contributed by atoms with Crippen LogP contribution in [0.15, 0.2) is 36.7 Å². The highest BCUT2D eigenvalue weighted by Crippen LogP contribution is 2.27. The van der Waals surface area contributed by atoms with Crippen LogP contribution in [0, 0.1) is 17.0 Å². The van der Waals surface area contributed by atoms with E-state index in [0.29, 0.717) is 22.3 Å². The summed E-state index contributed by atoms with van der Waals surface area (Å²) in [5, 5.41) is 18.3. The van der Waals surface area contributed by atoms with Crippen LogP contribution in [0.4, 0.5) is 11.4 Å². The molecule has 0 fully saturated rings. The highest BCUT2D eigenvalue weighted by atomic mass is 16.6. The predicted molar refractivity (Wildman–Crippen MR) is 88.7 cm³/mol. The first-order valence-corrected chi connectivity index (χ1v) is 7.25. The van der Waals surface area contributed by atoms with Crippen LogP contribution in [0.5, 0.6) is 0 Å². The first-order chi connectivity index (χ1) is 11.4. The number of benzene rings is 1. The number of aryl methyl sites for hydroxylation is 2. The van der Waals surface area contributed by atoms with Crippen molar-refractivity contribution in [3.05, 3.63) is 58.0 Å². The van der Waals surface area contributed by atoms with Crippen molar-refractivity contribution in [2.75, 3.05) is 5.32 Å². The quantitative estimate of drug-likeness (QED) is 0.586. The summed E-state index contributed by atoms with van der Waals surface area (Å²) < 4.78 is 1.62. The standard InChI is InChI=1S/C16H15N5O3/c1-10-5-15(19-16(22)6-11-8-17-20(2)9-11)13-7-12(21(23)24)3-4-14(13)18-10/h3-5,7-9H,6H2,1-2H3,(H,18,19,22). The summed E-state index contributed by atoms with van der Waals surface area (Å²) in [7, 11) is 1.78. The number of non-ortho nitro benzene ring substituents is 1. The Morgan fingerprint density at radius 1 is 1.38 bits per heavy atom. The molecule has 8 nitrogen and oxygen atoms in total. The Morgan fingerprint density at radius 2 is 2.17 bits per heavy atom. The molecule has 3 aromatic rings. The number of pyridine rings is 1. The summed E-state index contributed by atoms with van der Waals surface area (Å²) in [6, 6.07) is 6.10. The number of nitrogens with zero attached hydrogens (tertiary/aromatic N) is 4. The van der Waals surface area contributed by atoms with Gasteiger partial charge in [0.1, 0.15) is 0 Å². The molecule has 0 saturated heterocycles. The fourth-order valence-corrected chi connectivity index (χ4v) is 2.51.